The van der Waals surface area contributed by atoms with E-state index in [-0.39, 0.29) is 19.0 Å². The van der Waals surface area contributed by atoms with E-state index in [1.807, 2.05) is 13.8 Å². The molecule has 3 rings (SSSR count). The Morgan fingerprint density at radius 1 is 1.23 bits per heavy atom. The molecule has 1 aromatic carbocycles. The predicted molar refractivity (Wildman–Crippen MR) is 127 cm³/mol. The van der Waals surface area contributed by atoms with Gasteiger partial charge in [0.15, 0.2) is 5.78 Å². The van der Waals surface area contributed by atoms with E-state index in [0.717, 1.165) is 53.0 Å². The van der Waals surface area contributed by atoms with Crippen molar-refractivity contribution in [1.82, 2.24) is 0 Å². The van der Waals surface area contributed by atoms with Gasteiger partial charge in [0.25, 0.3) is 0 Å². The number of aliphatic hydroxyl groups is 2. The molecule has 1 aliphatic carbocycles. The van der Waals surface area contributed by atoms with Crippen LogP contribution in [0.15, 0.2) is 12.1 Å². The van der Waals surface area contributed by atoms with Crippen molar-refractivity contribution >= 4 is 17.1 Å². The van der Waals surface area contributed by atoms with E-state index in [9.17, 15) is 9.90 Å². The van der Waals surface area contributed by atoms with Crippen LogP contribution in [-0.4, -0.2) is 35.3 Å². The van der Waals surface area contributed by atoms with E-state index < -0.39 is 6.10 Å². The van der Waals surface area contributed by atoms with Crippen molar-refractivity contribution in [2.24, 2.45) is 5.41 Å². The van der Waals surface area contributed by atoms with Gasteiger partial charge in [0.2, 0.25) is 0 Å². The monoisotopic (exact) mass is 444 g/mol. The second-order valence-electron chi connectivity index (χ2n) is 9.64. The fraction of sp³-hybridized carbons (Fsp3) is 0.577. The van der Waals surface area contributed by atoms with Crippen LogP contribution in [0.4, 0.5) is 0 Å². The van der Waals surface area contributed by atoms with Crippen LogP contribution in [0.3, 0.4) is 0 Å². The first-order valence-corrected chi connectivity index (χ1v) is 12.1. The van der Waals surface area contributed by atoms with Gasteiger partial charge in [0.1, 0.15) is 18.5 Å². The molecular weight excluding hydrogens is 408 g/mol. The van der Waals surface area contributed by atoms with E-state index in [1.165, 1.54) is 16.0 Å². The van der Waals surface area contributed by atoms with Gasteiger partial charge < -0.3 is 14.9 Å². The van der Waals surface area contributed by atoms with Crippen molar-refractivity contribution in [3.63, 3.8) is 0 Å². The Morgan fingerprint density at radius 3 is 2.52 bits per heavy atom. The minimum Gasteiger partial charge on any atom is -0.490 e. The van der Waals surface area contributed by atoms with Gasteiger partial charge in [-0.05, 0) is 79.2 Å². The zero-order valence-electron chi connectivity index (χ0n) is 19.5. The number of benzene rings is 1. The van der Waals surface area contributed by atoms with E-state index >= 15 is 0 Å². The van der Waals surface area contributed by atoms with Crippen molar-refractivity contribution in [2.75, 3.05) is 13.2 Å². The van der Waals surface area contributed by atoms with Crippen molar-refractivity contribution < 1.29 is 19.7 Å². The van der Waals surface area contributed by atoms with E-state index in [4.69, 9.17) is 9.84 Å². The molecular formula is C26H36O4S. The highest BCUT2D eigenvalue weighted by Gasteiger charge is 2.31. The maximum Gasteiger partial charge on any atom is 0.173 e. The summed E-state index contributed by atoms with van der Waals surface area (Å²) >= 11 is 1.73. The minimum absolute atomic E-state index is 0.0655. The molecule has 1 aliphatic rings. The number of hydrogen-bond donors (Lipinski definition) is 2. The van der Waals surface area contributed by atoms with Gasteiger partial charge in [-0.15, -0.1) is 11.3 Å². The Hall–Kier alpha value is -1.69. The number of aryl methyl sites for hydroxylation is 4. The summed E-state index contributed by atoms with van der Waals surface area (Å²) in [5, 5.41) is 18.5. The van der Waals surface area contributed by atoms with Crippen LogP contribution < -0.4 is 4.74 Å². The first-order valence-electron chi connectivity index (χ1n) is 11.3. The summed E-state index contributed by atoms with van der Waals surface area (Å²) in [6.07, 6.45) is 4.59. The maximum atomic E-state index is 13.2. The quantitative estimate of drug-likeness (QED) is 0.535. The molecule has 0 radical (unpaired) electrons. The highest BCUT2D eigenvalue weighted by atomic mass is 32.1. The van der Waals surface area contributed by atoms with Gasteiger partial charge in [0.05, 0.1) is 11.5 Å². The van der Waals surface area contributed by atoms with E-state index in [1.54, 1.807) is 11.3 Å². The maximum absolute atomic E-state index is 13.2. The van der Waals surface area contributed by atoms with E-state index in [2.05, 4.69) is 32.9 Å². The molecule has 4 nitrogen and oxygen atoms in total. The summed E-state index contributed by atoms with van der Waals surface area (Å²) in [5.74, 6) is 1.01. The largest absolute Gasteiger partial charge is 0.490 e. The van der Waals surface area contributed by atoms with Crippen LogP contribution in [0, 0.1) is 19.3 Å². The average Bonchev–Trinajstić information content (AvgIpc) is 3.07. The number of fused-ring (bicyclic) bond motifs is 1. The summed E-state index contributed by atoms with van der Waals surface area (Å²) in [5.41, 5.74) is 6.19. The molecule has 2 aromatic rings. The van der Waals surface area contributed by atoms with E-state index in [0.29, 0.717) is 18.3 Å². The van der Waals surface area contributed by atoms with Crippen molar-refractivity contribution in [3.8, 4) is 5.75 Å². The molecule has 1 heterocycles. The molecule has 0 spiro atoms. The number of aliphatic hydroxyl groups excluding tert-OH is 2. The number of thiophene rings is 1. The van der Waals surface area contributed by atoms with Crippen LogP contribution in [-0.2, 0) is 25.7 Å². The molecule has 170 valence electrons. The lowest BCUT2D eigenvalue weighted by Gasteiger charge is -2.30. The Kier molecular flexibility index (Phi) is 7.61. The molecule has 0 saturated carbocycles. The summed E-state index contributed by atoms with van der Waals surface area (Å²) in [4.78, 5) is 15.5. The van der Waals surface area contributed by atoms with Gasteiger partial charge in [0, 0.05) is 11.3 Å². The molecule has 2 N–H and O–H groups in total. The summed E-state index contributed by atoms with van der Waals surface area (Å²) in [6, 6.07) is 4.12. The Balaban J connectivity index is 1.71. The SMILES string of the molecule is CCc1sc(C(=O)CCc2cc(C)c(OCC(O)CO)c(C)c2)c2c1CC(C)(C)CC2. The lowest BCUT2D eigenvalue weighted by Crippen LogP contribution is -2.22. The first kappa shape index (κ1) is 24.0. The molecule has 0 amide bonds. The highest BCUT2D eigenvalue weighted by Crippen LogP contribution is 2.42. The molecule has 0 aliphatic heterocycles. The number of carbonyl (C=O) groups excluding carboxylic acids is 1. The van der Waals surface area contributed by atoms with Gasteiger partial charge >= 0.3 is 0 Å². The van der Waals surface area contributed by atoms with Crippen molar-refractivity contribution in [1.29, 1.82) is 0 Å². The predicted octanol–water partition coefficient (Wildman–Crippen LogP) is 4.99. The number of ether oxygens (including phenoxy) is 1. The third-order valence-electron chi connectivity index (χ3n) is 6.27. The Bertz CT molecular complexity index is 918. The average molecular weight is 445 g/mol. The standard InChI is InChI=1S/C26H36O4S/c1-6-23-21-13-26(4,5)10-9-20(21)25(31-23)22(29)8-7-18-11-16(2)24(17(3)12-18)30-15-19(28)14-27/h11-12,19,27-28H,6-10,13-15H2,1-5H3. The first-order chi connectivity index (χ1) is 14.6. The Labute approximate surface area is 190 Å². The fourth-order valence-electron chi connectivity index (χ4n) is 4.58. The zero-order valence-corrected chi connectivity index (χ0v) is 20.3. The lowest BCUT2D eigenvalue weighted by atomic mass is 9.74. The van der Waals surface area contributed by atoms with Gasteiger partial charge in [-0.1, -0.05) is 32.9 Å². The van der Waals surface area contributed by atoms with Gasteiger partial charge in [-0.3, -0.25) is 4.79 Å². The van der Waals surface area contributed by atoms with Crippen molar-refractivity contribution in [3.05, 3.63) is 49.7 Å². The molecule has 0 saturated heterocycles. The number of rotatable bonds is 9. The van der Waals surface area contributed by atoms with Crippen LogP contribution in [0.5, 0.6) is 5.75 Å². The van der Waals surface area contributed by atoms with Crippen LogP contribution >= 0.6 is 11.3 Å². The number of carbonyl (C=O) groups is 1. The highest BCUT2D eigenvalue weighted by molar-refractivity contribution is 7.14. The second kappa shape index (κ2) is 9.85. The topological polar surface area (TPSA) is 66.8 Å². The number of hydrogen-bond acceptors (Lipinski definition) is 5. The summed E-state index contributed by atoms with van der Waals surface area (Å²) in [6.45, 7) is 10.6. The molecule has 1 aromatic heterocycles. The number of ketones is 1. The van der Waals surface area contributed by atoms with Crippen LogP contribution in [0.2, 0.25) is 0 Å². The fourth-order valence-corrected chi connectivity index (χ4v) is 5.85. The van der Waals surface area contributed by atoms with Crippen LogP contribution in [0.1, 0.15) is 76.0 Å². The summed E-state index contributed by atoms with van der Waals surface area (Å²) in [7, 11) is 0. The zero-order chi connectivity index (χ0) is 22.8. The molecule has 1 atom stereocenters. The molecule has 0 bridgehead atoms. The smallest absolute Gasteiger partial charge is 0.173 e. The second-order valence-corrected chi connectivity index (χ2v) is 10.7. The van der Waals surface area contributed by atoms with Gasteiger partial charge in [-0.2, -0.15) is 0 Å². The minimum atomic E-state index is -0.883. The van der Waals surface area contributed by atoms with Crippen LogP contribution in [0.25, 0.3) is 0 Å². The van der Waals surface area contributed by atoms with Gasteiger partial charge in [-0.25, -0.2) is 0 Å². The molecule has 0 fully saturated rings. The Morgan fingerprint density at radius 2 is 1.90 bits per heavy atom. The normalized spacial score (nSPS) is 16.1. The van der Waals surface area contributed by atoms with Crippen molar-refractivity contribution in [2.45, 2.75) is 79.2 Å². The molecule has 5 heteroatoms. The lowest BCUT2D eigenvalue weighted by molar-refractivity contribution is 0.0531. The molecule has 1 unspecified atom stereocenters. The summed E-state index contributed by atoms with van der Waals surface area (Å²) < 4.78 is 5.69. The third kappa shape index (κ3) is 5.57. The molecule has 31 heavy (non-hydrogen) atoms. The number of Topliss-reactive ketones (excluding diaryl/α,β-unsaturated/α-hetero) is 1. The third-order valence-corrected chi connectivity index (χ3v) is 7.73.